The summed E-state index contributed by atoms with van der Waals surface area (Å²) in [6.07, 6.45) is 3.17. The molecule has 3 heterocycles. The van der Waals surface area contributed by atoms with Crippen molar-refractivity contribution in [3.63, 3.8) is 0 Å². The van der Waals surface area contributed by atoms with Crippen LogP contribution in [0.3, 0.4) is 0 Å². The van der Waals surface area contributed by atoms with E-state index < -0.39 is 15.9 Å². The molecule has 4 rings (SSSR count). The SMILES string of the molecule is CN1CCC(Oc2ncccc2NS(=O)(=O)c2ccc3cc(C(=O)NO)oc3c2)CC1. The second-order valence-electron chi connectivity index (χ2n) is 7.33. The van der Waals surface area contributed by atoms with Crippen LogP contribution in [0, 0.1) is 0 Å². The normalized spacial score (nSPS) is 15.7. The molecule has 0 spiro atoms. The Hall–Kier alpha value is -3.15. The maximum atomic E-state index is 13.0. The number of aromatic nitrogens is 1. The molecular weight excluding hydrogens is 424 g/mol. The fourth-order valence-corrected chi connectivity index (χ4v) is 4.44. The minimum absolute atomic E-state index is 0.0371. The largest absolute Gasteiger partial charge is 0.473 e. The molecule has 0 unspecified atom stereocenters. The van der Waals surface area contributed by atoms with Gasteiger partial charge < -0.3 is 14.1 Å². The summed E-state index contributed by atoms with van der Waals surface area (Å²) >= 11 is 0. The van der Waals surface area contributed by atoms with Gasteiger partial charge in [0.05, 0.1) is 4.90 Å². The Morgan fingerprint density at radius 3 is 2.77 bits per heavy atom. The molecule has 0 atom stereocenters. The Morgan fingerprint density at radius 2 is 2.03 bits per heavy atom. The third-order valence-corrected chi connectivity index (χ3v) is 6.45. The van der Waals surface area contributed by atoms with Gasteiger partial charge >= 0.3 is 5.91 Å². The quantitative estimate of drug-likeness (QED) is 0.388. The van der Waals surface area contributed by atoms with Crippen LogP contribution in [0.4, 0.5) is 5.69 Å². The van der Waals surface area contributed by atoms with Gasteiger partial charge in [0, 0.05) is 30.7 Å². The van der Waals surface area contributed by atoms with Gasteiger partial charge in [0.2, 0.25) is 5.88 Å². The molecule has 1 saturated heterocycles. The number of hydrogen-bond donors (Lipinski definition) is 3. The van der Waals surface area contributed by atoms with Crippen LogP contribution in [0.2, 0.25) is 0 Å². The lowest BCUT2D eigenvalue weighted by atomic mass is 10.1. The monoisotopic (exact) mass is 446 g/mol. The summed E-state index contributed by atoms with van der Waals surface area (Å²) in [5, 5.41) is 9.25. The number of likely N-dealkylation sites (tertiary alicyclic amines) is 1. The van der Waals surface area contributed by atoms with Gasteiger partial charge in [-0.3, -0.25) is 14.7 Å². The molecule has 10 nitrogen and oxygen atoms in total. The zero-order chi connectivity index (χ0) is 22.0. The molecule has 0 aliphatic carbocycles. The minimum Gasteiger partial charge on any atom is -0.473 e. The number of carbonyl (C=O) groups excluding carboxylic acids is 1. The number of anilines is 1. The molecular formula is C20H22N4O6S. The highest BCUT2D eigenvalue weighted by Crippen LogP contribution is 2.29. The minimum atomic E-state index is -3.98. The third-order valence-electron chi connectivity index (χ3n) is 5.09. The van der Waals surface area contributed by atoms with Crippen molar-refractivity contribution in [3.05, 3.63) is 48.4 Å². The number of ether oxygens (including phenoxy) is 1. The summed E-state index contributed by atoms with van der Waals surface area (Å²) in [5.74, 6) is -0.743. The van der Waals surface area contributed by atoms with Crippen molar-refractivity contribution in [3.8, 4) is 5.88 Å². The van der Waals surface area contributed by atoms with Crippen LogP contribution >= 0.6 is 0 Å². The van der Waals surface area contributed by atoms with Gasteiger partial charge in [-0.15, -0.1) is 0 Å². The number of pyridine rings is 1. The molecule has 3 N–H and O–H groups in total. The first kappa shape index (κ1) is 21.1. The van der Waals surface area contributed by atoms with E-state index in [1.165, 1.54) is 29.7 Å². The highest BCUT2D eigenvalue weighted by Gasteiger charge is 2.23. The van der Waals surface area contributed by atoms with Crippen LogP contribution < -0.4 is 14.9 Å². The summed E-state index contributed by atoms with van der Waals surface area (Å²) in [4.78, 5) is 17.9. The number of nitrogens with zero attached hydrogens (tertiary/aromatic N) is 2. The molecule has 0 bridgehead atoms. The van der Waals surface area contributed by atoms with E-state index in [4.69, 9.17) is 14.4 Å². The smallest absolute Gasteiger partial charge is 0.310 e. The van der Waals surface area contributed by atoms with Crippen LogP contribution in [-0.2, 0) is 10.0 Å². The van der Waals surface area contributed by atoms with Gasteiger partial charge in [-0.2, -0.15) is 0 Å². The van der Waals surface area contributed by atoms with Crippen molar-refractivity contribution in [2.24, 2.45) is 0 Å². The second kappa shape index (κ2) is 8.53. The number of hydrogen-bond acceptors (Lipinski definition) is 8. The number of hydroxylamine groups is 1. The van der Waals surface area contributed by atoms with Crippen LogP contribution in [0.15, 0.2) is 51.9 Å². The van der Waals surface area contributed by atoms with Crippen molar-refractivity contribution >= 4 is 32.6 Å². The Kier molecular flexibility index (Phi) is 5.81. The van der Waals surface area contributed by atoms with E-state index >= 15 is 0 Å². The predicted molar refractivity (Wildman–Crippen MR) is 112 cm³/mol. The number of rotatable bonds is 6. The van der Waals surface area contributed by atoms with Gasteiger partial charge in [0.25, 0.3) is 10.0 Å². The Morgan fingerprint density at radius 1 is 1.26 bits per heavy atom. The van der Waals surface area contributed by atoms with E-state index in [-0.39, 0.29) is 33.9 Å². The maximum Gasteiger partial charge on any atom is 0.310 e. The molecule has 1 fully saturated rings. The van der Waals surface area contributed by atoms with E-state index in [0.717, 1.165) is 25.9 Å². The number of amides is 1. The van der Waals surface area contributed by atoms with Crippen molar-refractivity contribution in [2.45, 2.75) is 23.8 Å². The lowest BCUT2D eigenvalue weighted by Gasteiger charge is -2.29. The summed E-state index contributed by atoms with van der Waals surface area (Å²) < 4.78 is 39.8. The Labute approximate surface area is 178 Å². The zero-order valence-electron chi connectivity index (χ0n) is 16.7. The highest BCUT2D eigenvalue weighted by molar-refractivity contribution is 7.92. The predicted octanol–water partition coefficient (Wildman–Crippen LogP) is 2.22. The molecule has 164 valence electrons. The number of furan rings is 1. The zero-order valence-corrected chi connectivity index (χ0v) is 17.6. The second-order valence-corrected chi connectivity index (χ2v) is 9.02. The Bertz CT molecular complexity index is 1200. The lowest BCUT2D eigenvalue weighted by molar-refractivity contribution is 0.0678. The molecule has 2 aromatic heterocycles. The molecule has 0 saturated carbocycles. The summed E-state index contributed by atoms with van der Waals surface area (Å²) in [6.45, 7) is 1.80. The molecule has 1 amide bonds. The fraction of sp³-hybridized carbons (Fsp3) is 0.300. The van der Waals surface area contributed by atoms with Gasteiger partial charge in [-0.25, -0.2) is 18.9 Å². The van der Waals surface area contributed by atoms with Gasteiger partial charge in [0.1, 0.15) is 17.4 Å². The number of benzene rings is 1. The first-order valence-corrected chi connectivity index (χ1v) is 11.1. The van der Waals surface area contributed by atoms with Gasteiger partial charge in [-0.05, 0) is 50.2 Å². The molecule has 31 heavy (non-hydrogen) atoms. The maximum absolute atomic E-state index is 13.0. The van der Waals surface area contributed by atoms with E-state index in [9.17, 15) is 13.2 Å². The van der Waals surface area contributed by atoms with Crippen LogP contribution in [0.25, 0.3) is 11.0 Å². The molecule has 1 aromatic carbocycles. The Balaban J connectivity index is 1.57. The van der Waals surface area contributed by atoms with Crippen LogP contribution in [0.5, 0.6) is 5.88 Å². The highest BCUT2D eigenvalue weighted by atomic mass is 32.2. The first-order valence-electron chi connectivity index (χ1n) is 9.67. The van der Waals surface area contributed by atoms with Crippen molar-refractivity contribution in [2.75, 3.05) is 24.9 Å². The average molecular weight is 446 g/mol. The fourth-order valence-electron chi connectivity index (χ4n) is 3.37. The number of nitrogens with one attached hydrogen (secondary N) is 2. The van der Waals surface area contributed by atoms with Crippen molar-refractivity contribution in [1.82, 2.24) is 15.4 Å². The van der Waals surface area contributed by atoms with Crippen molar-refractivity contribution < 1.29 is 27.6 Å². The summed E-state index contributed by atoms with van der Waals surface area (Å²) in [7, 11) is -1.93. The molecule has 3 aromatic rings. The average Bonchev–Trinajstić information content (AvgIpc) is 3.19. The van der Waals surface area contributed by atoms with E-state index in [2.05, 4.69) is 14.6 Å². The van der Waals surface area contributed by atoms with E-state index in [0.29, 0.717) is 5.39 Å². The third kappa shape index (κ3) is 4.63. The lowest BCUT2D eigenvalue weighted by Crippen LogP contribution is -2.36. The molecule has 1 aliphatic heterocycles. The van der Waals surface area contributed by atoms with E-state index in [1.807, 2.05) is 7.05 Å². The molecule has 1 aliphatic rings. The molecule has 0 radical (unpaired) electrons. The summed E-state index contributed by atoms with van der Waals surface area (Å²) in [5.41, 5.74) is 1.90. The van der Waals surface area contributed by atoms with E-state index in [1.54, 1.807) is 18.3 Å². The summed E-state index contributed by atoms with van der Waals surface area (Å²) in [6, 6.07) is 8.83. The standard InChI is InChI=1S/C20H22N4O6S/c1-24-9-6-14(7-10-24)29-20-16(3-2-8-21-20)23-31(27,28)15-5-4-13-11-18(19(25)22-26)30-17(13)12-15/h2-5,8,11-12,14,23,26H,6-7,9-10H2,1H3,(H,22,25). The number of carbonyl (C=O) groups is 1. The van der Waals surface area contributed by atoms with Gasteiger partial charge in [0.15, 0.2) is 5.76 Å². The topological polar surface area (TPSA) is 134 Å². The van der Waals surface area contributed by atoms with Gasteiger partial charge in [-0.1, -0.05) is 0 Å². The molecule has 11 heteroatoms. The number of piperidine rings is 1. The van der Waals surface area contributed by atoms with Crippen LogP contribution in [0.1, 0.15) is 23.4 Å². The number of fused-ring (bicyclic) bond motifs is 1. The van der Waals surface area contributed by atoms with Crippen molar-refractivity contribution in [1.29, 1.82) is 0 Å². The number of sulfonamides is 1. The van der Waals surface area contributed by atoms with Crippen LogP contribution in [-0.4, -0.2) is 55.7 Å². The first-order chi connectivity index (χ1) is 14.9.